The van der Waals surface area contributed by atoms with E-state index in [1.54, 1.807) is 39.2 Å². The lowest BCUT2D eigenvalue weighted by Crippen LogP contribution is -2.29. The van der Waals surface area contributed by atoms with Crippen molar-refractivity contribution in [2.45, 2.75) is 38.6 Å². The molecule has 0 aliphatic heterocycles. The maximum absolute atomic E-state index is 13.5. The second kappa shape index (κ2) is 10.8. The first-order valence-corrected chi connectivity index (χ1v) is 12.8. The highest BCUT2D eigenvalue weighted by molar-refractivity contribution is 7.19. The lowest BCUT2D eigenvalue weighted by molar-refractivity contribution is -0.119. The van der Waals surface area contributed by atoms with E-state index in [-0.39, 0.29) is 17.9 Å². The van der Waals surface area contributed by atoms with Crippen molar-refractivity contribution in [1.29, 1.82) is 0 Å². The van der Waals surface area contributed by atoms with Gasteiger partial charge in [0.2, 0.25) is 0 Å². The van der Waals surface area contributed by atoms with Crippen LogP contribution in [0.1, 0.15) is 29.0 Å². The van der Waals surface area contributed by atoms with Gasteiger partial charge in [0.15, 0.2) is 5.78 Å². The third-order valence-electron chi connectivity index (χ3n) is 6.20. The predicted molar refractivity (Wildman–Crippen MR) is 142 cm³/mol. The molecule has 0 aliphatic rings. The zero-order valence-electron chi connectivity index (χ0n) is 20.1. The van der Waals surface area contributed by atoms with Crippen LogP contribution in [-0.4, -0.2) is 30.1 Å². The molecule has 0 unspecified atom stereocenters. The van der Waals surface area contributed by atoms with Crippen molar-refractivity contribution in [3.63, 3.8) is 0 Å². The van der Waals surface area contributed by atoms with Gasteiger partial charge < -0.3 is 0 Å². The monoisotopic (exact) mass is 497 g/mol. The highest BCUT2D eigenvalue weighted by Gasteiger charge is 2.16. The van der Waals surface area contributed by atoms with Gasteiger partial charge in [0.25, 0.3) is 5.56 Å². The minimum Gasteiger partial charge on any atom is -0.298 e. The Balaban J connectivity index is 1.33. The van der Waals surface area contributed by atoms with Gasteiger partial charge in [-0.2, -0.15) is 5.10 Å². The number of aryl methyl sites for hydroxylation is 4. The lowest BCUT2D eigenvalue weighted by atomic mass is 10.1. The standard InChI is InChI=1S/C28H27N5O2S/c1-32-18-22(16-31-32)26-17-30-25(9-5-8-20-6-3-2-4-7-20)28(35)33(26)19-23(34)10-11-24-14-21-15-29-13-12-27(21)36-24/h2-4,6-7,12-18H,5,8-11,19H2,1H3. The van der Waals surface area contributed by atoms with E-state index in [0.717, 1.165) is 33.4 Å². The topological polar surface area (TPSA) is 82.7 Å². The number of thiophene rings is 1. The number of nitrogens with zero attached hydrogens (tertiary/aromatic N) is 5. The molecule has 1 aromatic carbocycles. The molecule has 0 saturated carbocycles. The van der Waals surface area contributed by atoms with Crippen LogP contribution >= 0.6 is 11.3 Å². The van der Waals surface area contributed by atoms with E-state index in [0.29, 0.717) is 30.7 Å². The van der Waals surface area contributed by atoms with Gasteiger partial charge in [-0.05, 0) is 43.4 Å². The zero-order chi connectivity index (χ0) is 24.9. The van der Waals surface area contributed by atoms with Crippen LogP contribution in [0.2, 0.25) is 0 Å². The fourth-order valence-corrected chi connectivity index (χ4v) is 5.36. The van der Waals surface area contributed by atoms with Crippen LogP contribution in [0.3, 0.4) is 0 Å². The number of carbonyl (C=O) groups is 1. The Hall–Kier alpha value is -3.91. The van der Waals surface area contributed by atoms with Crippen LogP contribution in [0.25, 0.3) is 21.3 Å². The summed E-state index contributed by atoms with van der Waals surface area (Å²) in [7, 11) is 1.82. The molecule has 0 saturated heterocycles. The number of benzene rings is 1. The third-order valence-corrected chi connectivity index (χ3v) is 7.38. The number of fused-ring (bicyclic) bond motifs is 1. The molecule has 0 spiro atoms. The van der Waals surface area contributed by atoms with Crippen molar-refractivity contribution < 1.29 is 4.79 Å². The average Bonchev–Trinajstić information content (AvgIpc) is 3.51. The molecule has 0 amide bonds. The molecule has 4 heterocycles. The molecule has 36 heavy (non-hydrogen) atoms. The van der Waals surface area contributed by atoms with Crippen LogP contribution in [0, 0.1) is 0 Å². The van der Waals surface area contributed by atoms with Gasteiger partial charge in [-0.25, -0.2) is 0 Å². The molecule has 0 N–H and O–H groups in total. The first-order valence-electron chi connectivity index (χ1n) is 12.0. The van der Waals surface area contributed by atoms with Crippen molar-refractivity contribution in [1.82, 2.24) is 24.3 Å². The first kappa shape index (κ1) is 23.8. The van der Waals surface area contributed by atoms with Crippen LogP contribution in [0.15, 0.2) is 78.2 Å². The Morgan fingerprint density at radius 1 is 1.03 bits per heavy atom. The second-order valence-corrected chi connectivity index (χ2v) is 10.1. The maximum Gasteiger partial charge on any atom is 0.273 e. The number of hydrogen-bond acceptors (Lipinski definition) is 6. The fourth-order valence-electron chi connectivity index (χ4n) is 4.33. The SMILES string of the molecule is Cn1cc(-c2cnc(CCCc3ccccc3)c(=O)n2CC(=O)CCc2cc3cnccc3s2)cn1. The number of Topliss-reactive ketones (excluding diaryl/α,β-unsaturated/α-hetero) is 1. The maximum atomic E-state index is 13.5. The molecule has 0 fully saturated rings. The molecule has 182 valence electrons. The smallest absolute Gasteiger partial charge is 0.273 e. The minimum absolute atomic E-state index is 0.0132. The third kappa shape index (κ3) is 5.49. The van der Waals surface area contributed by atoms with E-state index < -0.39 is 0 Å². The Kier molecular flexibility index (Phi) is 7.13. The van der Waals surface area contributed by atoms with Crippen LogP contribution in [-0.2, 0) is 37.6 Å². The summed E-state index contributed by atoms with van der Waals surface area (Å²) >= 11 is 1.68. The van der Waals surface area contributed by atoms with Crippen molar-refractivity contribution >= 4 is 27.2 Å². The molecule has 0 aliphatic carbocycles. The molecule has 0 bridgehead atoms. The van der Waals surface area contributed by atoms with Crippen LogP contribution in [0.5, 0.6) is 0 Å². The van der Waals surface area contributed by atoms with E-state index in [9.17, 15) is 9.59 Å². The number of aromatic nitrogens is 5. The van der Waals surface area contributed by atoms with Gasteiger partial charge in [0, 0.05) is 52.6 Å². The van der Waals surface area contributed by atoms with Crippen LogP contribution in [0.4, 0.5) is 0 Å². The molecule has 5 rings (SSSR count). The molecule has 4 aromatic heterocycles. The summed E-state index contributed by atoms with van der Waals surface area (Å²) in [6.07, 6.45) is 12.1. The van der Waals surface area contributed by atoms with Crippen molar-refractivity contribution in [3.05, 3.63) is 99.9 Å². The van der Waals surface area contributed by atoms with E-state index in [4.69, 9.17) is 0 Å². The molecule has 7 nitrogen and oxygen atoms in total. The van der Waals surface area contributed by atoms with Crippen LogP contribution < -0.4 is 5.56 Å². The summed E-state index contributed by atoms with van der Waals surface area (Å²) in [5.74, 6) is 0.0132. The first-order chi connectivity index (χ1) is 17.6. The predicted octanol–water partition coefficient (Wildman–Crippen LogP) is 4.63. The van der Waals surface area contributed by atoms with Gasteiger partial charge >= 0.3 is 0 Å². The van der Waals surface area contributed by atoms with E-state index in [1.165, 1.54) is 5.56 Å². The lowest BCUT2D eigenvalue weighted by Gasteiger charge is -2.13. The number of pyridine rings is 1. The Morgan fingerprint density at radius 2 is 1.89 bits per heavy atom. The molecule has 0 radical (unpaired) electrons. The second-order valence-electron chi connectivity index (χ2n) is 8.89. The Morgan fingerprint density at radius 3 is 2.67 bits per heavy atom. The number of carbonyl (C=O) groups excluding carboxylic acids is 1. The molecule has 0 atom stereocenters. The molecular weight excluding hydrogens is 470 g/mol. The van der Waals surface area contributed by atoms with Gasteiger partial charge in [-0.1, -0.05) is 30.3 Å². The summed E-state index contributed by atoms with van der Waals surface area (Å²) in [5, 5.41) is 5.32. The Bertz CT molecular complexity index is 1520. The highest BCUT2D eigenvalue weighted by atomic mass is 32.1. The van der Waals surface area contributed by atoms with Gasteiger partial charge in [0.05, 0.1) is 24.6 Å². The van der Waals surface area contributed by atoms with Crippen molar-refractivity contribution in [2.75, 3.05) is 0 Å². The zero-order valence-corrected chi connectivity index (χ0v) is 20.9. The van der Waals surface area contributed by atoms with Gasteiger partial charge in [-0.3, -0.25) is 28.8 Å². The largest absolute Gasteiger partial charge is 0.298 e. The summed E-state index contributed by atoms with van der Waals surface area (Å²) in [6, 6.07) is 14.3. The molecular formula is C28H27N5O2S. The fraction of sp³-hybridized carbons (Fsp3) is 0.250. The van der Waals surface area contributed by atoms with Gasteiger partial charge in [0.1, 0.15) is 5.69 Å². The number of rotatable bonds is 10. The molecule has 8 heteroatoms. The number of ketones is 1. The van der Waals surface area contributed by atoms with Crippen molar-refractivity contribution in [3.8, 4) is 11.3 Å². The number of hydrogen-bond donors (Lipinski definition) is 0. The summed E-state index contributed by atoms with van der Waals surface area (Å²) in [6.45, 7) is 0.0176. The van der Waals surface area contributed by atoms with Crippen molar-refractivity contribution in [2.24, 2.45) is 7.05 Å². The van der Waals surface area contributed by atoms with E-state index >= 15 is 0 Å². The van der Waals surface area contributed by atoms with E-state index in [2.05, 4.69) is 33.3 Å². The highest BCUT2D eigenvalue weighted by Crippen LogP contribution is 2.25. The summed E-state index contributed by atoms with van der Waals surface area (Å²) in [5.41, 5.74) is 2.90. The summed E-state index contributed by atoms with van der Waals surface area (Å²) in [4.78, 5) is 36.3. The molecule has 5 aromatic rings. The quantitative estimate of drug-likeness (QED) is 0.281. The Labute approximate surface area is 213 Å². The minimum atomic E-state index is -0.203. The normalized spacial score (nSPS) is 11.2. The van der Waals surface area contributed by atoms with E-state index in [1.807, 2.05) is 43.7 Å². The van der Waals surface area contributed by atoms with Gasteiger partial charge in [-0.15, -0.1) is 11.3 Å². The summed E-state index contributed by atoms with van der Waals surface area (Å²) < 4.78 is 4.41. The average molecular weight is 498 g/mol.